The first kappa shape index (κ1) is 11.4. The van der Waals surface area contributed by atoms with Crippen LogP contribution in [0.3, 0.4) is 0 Å². The number of carbonyl (C=O) groups excluding carboxylic acids is 1. The molecular weight excluding hydrogens is 212 g/mol. The van der Waals surface area contributed by atoms with Gasteiger partial charge in [-0.25, -0.2) is 0 Å². The van der Waals surface area contributed by atoms with E-state index in [1.165, 1.54) is 13.5 Å². The van der Waals surface area contributed by atoms with Gasteiger partial charge in [-0.15, -0.1) is 0 Å². The van der Waals surface area contributed by atoms with E-state index in [0.29, 0.717) is 0 Å². The Kier molecular flexibility index (Phi) is 3.55. The lowest BCUT2D eigenvalue weighted by Crippen LogP contribution is -2.02. The Morgan fingerprint density at radius 1 is 1.00 bits per heavy atom. The molecule has 0 N–H and O–H groups in total. The van der Waals surface area contributed by atoms with Crippen molar-refractivity contribution in [2.45, 2.75) is 0 Å². The molecule has 2 nitrogen and oxygen atoms in total. The van der Waals surface area contributed by atoms with Gasteiger partial charge in [0.15, 0.2) is 0 Å². The van der Waals surface area contributed by atoms with Gasteiger partial charge in [-0.1, -0.05) is 54.6 Å². The first-order chi connectivity index (χ1) is 8.31. The molecule has 0 saturated heterocycles. The summed E-state index contributed by atoms with van der Waals surface area (Å²) in [6.07, 6.45) is 1.50. The van der Waals surface area contributed by atoms with E-state index in [4.69, 9.17) is 0 Å². The summed E-state index contributed by atoms with van der Waals surface area (Å²) < 4.78 is 4.65. The second kappa shape index (κ2) is 5.30. The number of hydrogen-bond donors (Lipinski definition) is 0. The van der Waals surface area contributed by atoms with Crippen LogP contribution in [0.5, 0.6) is 0 Å². The maximum Gasteiger partial charge on any atom is 0.314 e. The van der Waals surface area contributed by atoms with Crippen LogP contribution in [0.15, 0.2) is 54.6 Å². The van der Waals surface area contributed by atoms with Gasteiger partial charge >= 0.3 is 5.97 Å². The third-order valence-electron chi connectivity index (χ3n) is 2.52. The lowest BCUT2D eigenvalue weighted by molar-refractivity contribution is -0.136. The van der Waals surface area contributed by atoms with Gasteiger partial charge in [0.25, 0.3) is 0 Å². The Hall–Kier alpha value is -2.09. The lowest BCUT2D eigenvalue weighted by atomic mass is 9.98. The number of carbonyl (C=O) groups is 1. The molecule has 0 aliphatic heterocycles. The number of ether oxygens (including phenoxy) is 1. The van der Waals surface area contributed by atoms with Gasteiger partial charge in [0.1, 0.15) is 0 Å². The number of methoxy groups -OCH3 is 1. The number of esters is 1. The summed E-state index contributed by atoms with van der Waals surface area (Å²) in [7, 11) is 1.38. The molecule has 2 aromatic rings. The predicted molar refractivity (Wildman–Crippen MR) is 67.3 cm³/mol. The van der Waals surface area contributed by atoms with Crippen molar-refractivity contribution in [2.75, 3.05) is 7.11 Å². The maximum atomic E-state index is 11.3. The molecule has 0 aliphatic carbocycles. The summed E-state index contributed by atoms with van der Waals surface area (Å²) in [5, 5.41) is 0. The average Bonchev–Trinajstić information content (AvgIpc) is 2.40. The molecule has 0 saturated carbocycles. The third-order valence-corrected chi connectivity index (χ3v) is 2.52. The molecule has 0 fully saturated rings. The van der Waals surface area contributed by atoms with Gasteiger partial charge in [-0.2, -0.15) is 0 Å². The minimum atomic E-state index is -0.339. The predicted octanol–water partition coefficient (Wildman–Crippen LogP) is 3.08. The van der Waals surface area contributed by atoms with E-state index in [0.717, 1.165) is 16.7 Å². The first-order valence-electron chi connectivity index (χ1n) is 5.38. The van der Waals surface area contributed by atoms with Crippen LogP contribution in [-0.4, -0.2) is 13.1 Å². The van der Waals surface area contributed by atoms with Crippen LogP contribution < -0.4 is 0 Å². The molecule has 0 bridgehead atoms. The van der Waals surface area contributed by atoms with Crippen LogP contribution in [0, 0.1) is 6.42 Å². The number of rotatable bonds is 3. The summed E-state index contributed by atoms with van der Waals surface area (Å²) in [4.78, 5) is 11.3. The Labute approximate surface area is 101 Å². The van der Waals surface area contributed by atoms with E-state index in [-0.39, 0.29) is 5.97 Å². The standard InChI is InChI=1S/C15H13O2/c1-17-15(16)11-13-9-5-6-10-14(13)12-7-3-2-4-8-12/h2-11H,1H3. The Morgan fingerprint density at radius 2 is 1.65 bits per heavy atom. The molecule has 85 valence electrons. The Balaban J connectivity index is 2.38. The molecule has 2 heteroatoms. The second-order valence-corrected chi connectivity index (χ2v) is 3.62. The number of hydrogen-bond acceptors (Lipinski definition) is 2. The van der Waals surface area contributed by atoms with Crippen LogP contribution in [-0.2, 0) is 9.53 Å². The normalized spacial score (nSPS) is 9.94. The summed E-state index contributed by atoms with van der Waals surface area (Å²) >= 11 is 0. The highest BCUT2D eigenvalue weighted by Gasteiger charge is 2.09. The molecule has 0 heterocycles. The summed E-state index contributed by atoms with van der Waals surface area (Å²) in [5.41, 5.74) is 2.98. The zero-order valence-corrected chi connectivity index (χ0v) is 9.59. The van der Waals surface area contributed by atoms with Crippen LogP contribution in [0.1, 0.15) is 5.56 Å². The summed E-state index contributed by atoms with van der Waals surface area (Å²) in [5.74, 6) is -0.339. The minimum Gasteiger partial charge on any atom is -0.469 e. The van der Waals surface area contributed by atoms with Gasteiger partial charge in [-0.3, -0.25) is 4.79 Å². The smallest absolute Gasteiger partial charge is 0.314 e. The first-order valence-corrected chi connectivity index (χ1v) is 5.38. The summed E-state index contributed by atoms with van der Waals surface area (Å²) in [6, 6.07) is 17.7. The topological polar surface area (TPSA) is 26.3 Å². The molecular formula is C15H13O2. The quantitative estimate of drug-likeness (QED) is 0.750. The highest BCUT2D eigenvalue weighted by molar-refractivity contribution is 5.86. The zero-order valence-electron chi connectivity index (χ0n) is 9.59. The number of benzene rings is 2. The fourth-order valence-corrected chi connectivity index (χ4v) is 1.69. The molecule has 0 amide bonds. The van der Waals surface area contributed by atoms with E-state index in [1.54, 1.807) is 0 Å². The highest BCUT2D eigenvalue weighted by Crippen LogP contribution is 2.24. The molecule has 0 unspecified atom stereocenters. The second-order valence-electron chi connectivity index (χ2n) is 3.62. The van der Waals surface area contributed by atoms with Crippen LogP contribution in [0.4, 0.5) is 0 Å². The largest absolute Gasteiger partial charge is 0.469 e. The highest BCUT2D eigenvalue weighted by atomic mass is 16.5. The molecule has 0 spiro atoms. The molecule has 2 rings (SSSR count). The molecule has 2 aromatic carbocycles. The Morgan fingerprint density at radius 3 is 2.35 bits per heavy atom. The average molecular weight is 225 g/mol. The van der Waals surface area contributed by atoms with E-state index in [1.807, 2.05) is 54.6 Å². The van der Waals surface area contributed by atoms with Gasteiger partial charge in [0.05, 0.1) is 13.5 Å². The van der Waals surface area contributed by atoms with Crippen molar-refractivity contribution in [3.8, 4) is 11.1 Å². The molecule has 0 aromatic heterocycles. The van der Waals surface area contributed by atoms with Crippen LogP contribution >= 0.6 is 0 Å². The fraction of sp³-hybridized carbons (Fsp3) is 0.0667. The Bertz CT molecular complexity index is 503. The van der Waals surface area contributed by atoms with E-state index >= 15 is 0 Å². The summed E-state index contributed by atoms with van der Waals surface area (Å²) in [6.45, 7) is 0. The van der Waals surface area contributed by atoms with Crippen molar-refractivity contribution in [3.05, 3.63) is 66.6 Å². The van der Waals surface area contributed by atoms with Crippen molar-refractivity contribution in [2.24, 2.45) is 0 Å². The van der Waals surface area contributed by atoms with Crippen molar-refractivity contribution < 1.29 is 9.53 Å². The van der Waals surface area contributed by atoms with Gasteiger partial charge in [0.2, 0.25) is 0 Å². The van der Waals surface area contributed by atoms with Gasteiger partial charge in [-0.05, 0) is 16.7 Å². The fourth-order valence-electron chi connectivity index (χ4n) is 1.69. The van der Waals surface area contributed by atoms with Crippen molar-refractivity contribution in [3.63, 3.8) is 0 Å². The van der Waals surface area contributed by atoms with Gasteiger partial charge < -0.3 is 4.74 Å². The van der Waals surface area contributed by atoms with E-state index < -0.39 is 0 Å². The minimum absolute atomic E-state index is 0.339. The monoisotopic (exact) mass is 225 g/mol. The third kappa shape index (κ3) is 2.72. The van der Waals surface area contributed by atoms with E-state index in [2.05, 4.69) is 4.74 Å². The van der Waals surface area contributed by atoms with E-state index in [9.17, 15) is 4.79 Å². The lowest BCUT2D eigenvalue weighted by Gasteiger charge is -2.08. The van der Waals surface area contributed by atoms with Gasteiger partial charge in [0, 0.05) is 0 Å². The molecule has 1 radical (unpaired) electrons. The SMILES string of the molecule is COC(=O)[CH]c1ccccc1-c1ccccc1. The van der Waals surface area contributed by atoms with Crippen molar-refractivity contribution in [1.29, 1.82) is 0 Å². The molecule has 17 heavy (non-hydrogen) atoms. The molecule has 0 atom stereocenters. The molecule has 0 aliphatic rings. The van der Waals surface area contributed by atoms with Crippen LogP contribution in [0.25, 0.3) is 11.1 Å². The van der Waals surface area contributed by atoms with Crippen molar-refractivity contribution in [1.82, 2.24) is 0 Å². The maximum absolute atomic E-state index is 11.3. The van der Waals surface area contributed by atoms with Crippen LogP contribution in [0.2, 0.25) is 0 Å². The zero-order chi connectivity index (χ0) is 12.1. The van der Waals surface area contributed by atoms with Crippen molar-refractivity contribution >= 4 is 5.97 Å².